The Morgan fingerprint density at radius 2 is 1.68 bits per heavy atom. The third-order valence-electron chi connectivity index (χ3n) is 3.61. The SMILES string of the molecule is CCCCOC(C)C(O)(Nc1ccc(C)cc1)OCCCC. The number of hydrogen-bond donors (Lipinski definition) is 2. The minimum atomic E-state index is -1.52. The number of ether oxygens (including phenoxy) is 2. The zero-order valence-electron chi connectivity index (χ0n) is 14.4. The second-order valence-electron chi connectivity index (χ2n) is 5.76. The van der Waals surface area contributed by atoms with Crippen molar-refractivity contribution in [3.05, 3.63) is 29.8 Å². The largest absolute Gasteiger partial charge is 0.371 e. The van der Waals surface area contributed by atoms with Crippen LogP contribution in [0.5, 0.6) is 0 Å². The molecule has 0 saturated heterocycles. The highest BCUT2D eigenvalue weighted by molar-refractivity contribution is 5.45. The summed E-state index contributed by atoms with van der Waals surface area (Å²) in [4.78, 5) is 0. The van der Waals surface area contributed by atoms with Crippen LogP contribution in [0.3, 0.4) is 0 Å². The number of nitrogens with one attached hydrogen (secondary N) is 1. The van der Waals surface area contributed by atoms with Crippen LogP contribution in [0.2, 0.25) is 0 Å². The molecule has 0 fully saturated rings. The van der Waals surface area contributed by atoms with Crippen LogP contribution >= 0.6 is 0 Å². The summed E-state index contributed by atoms with van der Waals surface area (Å²) in [5.74, 6) is -1.52. The molecule has 2 N–H and O–H groups in total. The molecular weight excluding hydrogens is 278 g/mol. The van der Waals surface area contributed by atoms with E-state index in [1.165, 1.54) is 5.56 Å². The van der Waals surface area contributed by atoms with Crippen LogP contribution in [-0.2, 0) is 9.47 Å². The van der Waals surface area contributed by atoms with Crippen molar-refractivity contribution >= 4 is 5.69 Å². The number of hydrogen-bond acceptors (Lipinski definition) is 4. The van der Waals surface area contributed by atoms with Gasteiger partial charge in [-0.2, -0.15) is 0 Å². The Balaban J connectivity index is 2.73. The van der Waals surface area contributed by atoms with E-state index in [-0.39, 0.29) is 0 Å². The number of rotatable bonds is 11. The summed E-state index contributed by atoms with van der Waals surface area (Å²) < 4.78 is 11.5. The topological polar surface area (TPSA) is 50.7 Å². The van der Waals surface area contributed by atoms with Crippen LogP contribution in [-0.4, -0.2) is 30.3 Å². The summed E-state index contributed by atoms with van der Waals surface area (Å²) in [7, 11) is 0. The third-order valence-corrected chi connectivity index (χ3v) is 3.61. The molecule has 4 nitrogen and oxygen atoms in total. The molecule has 0 saturated carbocycles. The summed E-state index contributed by atoms with van der Waals surface area (Å²) >= 11 is 0. The van der Waals surface area contributed by atoms with Gasteiger partial charge in [-0.25, -0.2) is 0 Å². The monoisotopic (exact) mass is 309 g/mol. The minimum Gasteiger partial charge on any atom is -0.371 e. The summed E-state index contributed by atoms with van der Waals surface area (Å²) in [6, 6.07) is 7.86. The van der Waals surface area contributed by atoms with Gasteiger partial charge in [0.1, 0.15) is 6.10 Å². The molecule has 0 bridgehead atoms. The standard InChI is InChI=1S/C18H31NO3/c1-5-7-13-21-16(4)18(20,22-14-8-6-2)19-17-11-9-15(3)10-12-17/h9-12,16,19-20H,5-8,13-14H2,1-4H3. The highest BCUT2D eigenvalue weighted by Gasteiger charge is 2.36. The maximum Gasteiger partial charge on any atom is 0.274 e. The van der Waals surface area contributed by atoms with Gasteiger partial charge in [0.25, 0.3) is 5.91 Å². The van der Waals surface area contributed by atoms with E-state index in [1.54, 1.807) is 0 Å². The van der Waals surface area contributed by atoms with Gasteiger partial charge in [-0.3, -0.25) is 0 Å². The molecule has 0 aliphatic heterocycles. The zero-order chi connectivity index (χ0) is 16.4. The van der Waals surface area contributed by atoms with E-state index in [2.05, 4.69) is 19.2 Å². The number of aryl methyl sites for hydroxylation is 1. The Labute approximate surface area is 134 Å². The van der Waals surface area contributed by atoms with Crippen molar-refractivity contribution in [2.45, 2.75) is 65.4 Å². The normalized spacial score (nSPS) is 15.3. The molecule has 1 aromatic carbocycles. The number of benzene rings is 1. The van der Waals surface area contributed by atoms with Gasteiger partial charge in [0.2, 0.25) is 0 Å². The van der Waals surface area contributed by atoms with Crippen molar-refractivity contribution in [2.24, 2.45) is 0 Å². The van der Waals surface area contributed by atoms with Crippen molar-refractivity contribution in [1.29, 1.82) is 0 Å². The summed E-state index contributed by atoms with van der Waals surface area (Å²) in [5.41, 5.74) is 1.99. The predicted octanol–water partition coefficient (Wildman–Crippen LogP) is 4.07. The van der Waals surface area contributed by atoms with Crippen molar-refractivity contribution < 1.29 is 14.6 Å². The number of aliphatic hydroxyl groups is 1. The number of unbranched alkanes of at least 4 members (excludes halogenated alkanes) is 2. The van der Waals surface area contributed by atoms with Crippen molar-refractivity contribution in [2.75, 3.05) is 18.5 Å². The van der Waals surface area contributed by atoms with E-state index in [0.29, 0.717) is 13.2 Å². The van der Waals surface area contributed by atoms with Gasteiger partial charge in [0.15, 0.2) is 0 Å². The maximum absolute atomic E-state index is 10.9. The summed E-state index contributed by atoms with van der Waals surface area (Å²) in [6.45, 7) is 9.19. The minimum absolute atomic E-state index is 0.461. The highest BCUT2D eigenvalue weighted by atomic mass is 16.7. The number of anilines is 1. The van der Waals surface area contributed by atoms with Crippen LogP contribution < -0.4 is 5.32 Å². The first-order valence-corrected chi connectivity index (χ1v) is 8.34. The Kier molecular flexibility index (Phi) is 8.46. The van der Waals surface area contributed by atoms with Gasteiger partial charge in [-0.15, -0.1) is 0 Å². The molecule has 1 rings (SSSR count). The van der Waals surface area contributed by atoms with Crippen LogP contribution in [0.25, 0.3) is 0 Å². The lowest BCUT2D eigenvalue weighted by Gasteiger charge is -2.35. The van der Waals surface area contributed by atoms with Crippen LogP contribution in [0, 0.1) is 6.92 Å². The Bertz CT molecular complexity index is 407. The second kappa shape index (κ2) is 9.82. The van der Waals surface area contributed by atoms with E-state index >= 15 is 0 Å². The van der Waals surface area contributed by atoms with Crippen LogP contribution in [0.4, 0.5) is 5.69 Å². The smallest absolute Gasteiger partial charge is 0.274 e. The summed E-state index contributed by atoms with van der Waals surface area (Å²) in [5, 5.41) is 13.9. The summed E-state index contributed by atoms with van der Waals surface area (Å²) in [6.07, 6.45) is 3.50. The first-order valence-electron chi connectivity index (χ1n) is 8.34. The fourth-order valence-corrected chi connectivity index (χ4v) is 1.99. The molecule has 2 unspecified atom stereocenters. The van der Waals surface area contributed by atoms with Crippen LogP contribution in [0.15, 0.2) is 24.3 Å². The molecule has 0 spiro atoms. The Morgan fingerprint density at radius 1 is 1.09 bits per heavy atom. The molecule has 0 radical (unpaired) electrons. The Morgan fingerprint density at radius 3 is 2.27 bits per heavy atom. The van der Waals surface area contributed by atoms with Crippen molar-refractivity contribution in [3.63, 3.8) is 0 Å². The molecule has 22 heavy (non-hydrogen) atoms. The molecule has 0 aliphatic carbocycles. The maximum atomic E-state index is 10.9. The van der Waals surface area contributed by atoms with Gasteiger partial charge in [0.05, 0.1) is 6.61 Å². The molecule has 0 aliphatic rings. The van der Waals surface area contributed by atoms with E-state index in [4.69, 9.17) is 9.47 Å². The van der Waals surface area contributed by atoms with Gasteiger partial charge in [0, 0.05) is 12.3 Å². The van der Waals surface area contributed by atoms with E-state index in [9.17, 15) is 5.11 Å². The lowest BCUT2D eigenvalue weighted by molar-refractivity contribution is -0.244. The predicted molar refractivity (Wildman–Crippen MR) is 90.9 cm³/mol. The first-order chi connectivity index (χ1) is 10.5. The highest BCUT2D eigenvalue weighted by Crippen LogP contribution is 2.21. The molecule has 4 heteroatoms. The lowest BCUT2D eigenvalue weighted by Crippen LogP contribution is -2.52. The van der Waals surface area contributed by atoms with Crippen molar-refractivity contribution in [1.82, 2.24) is 0 Å². The van der Waals surface area contributed by atoms with E-state index in [1.807, 2.05) is 38.1 Å². The van der Waals surface area contributed by atoms with Crippen molar-refractivity contribution in [3.8, 4) is 0 Å². The Hall–Kier alpha value is -1.10. The molecule has 1 aromatic rings. The lowest BCUT2D eigenvalue weighted by atomic mass is 10.2. The molecular formula is C18H31NO3. The van der Waals surface area contributed by atoms with Gasteiger partial charge >= 0.3 is 0 Å². The molecule has 0 aromatic heterocycles. The average Bonchev–Trinajstić information content (AvgIpc) is 2.50. The zero-order valence-corrected chi connectivity index (χ0v) is 14.4. The van der Waals surface area contributed by atoms with Gasteiger partial charge < -0.3 is 19.9 Å². The van der Waals surface area contributed by atoms with Crippen LogP contribution in [0.1, 0.15) is 52.0 Å². The van der Waals surface area contributed by atoms with E-state index in [0.717, 1.165) is 31.4 Å². The molecule has 0 heterocycles. The first kappa shape index (κ1) is 18.9. The van der Waals surface area contributed by atoms with E-state index < -0.39 is 12.0 Å². The average molecular weight is 309 g/mol. The fourth-order valence-electron chi connectivity index (χ4n) is 1.99. The quantitative estimate of drug-likeness (QED) is 0.478. The van der Waals surface area contributed by atoms with Gasteiger partial charge in [-0.05, 0) is 38.8 Å². The molecule has 2 atom stereocenters. The fraction of sp³-hybridized carbons (Fsp3) is 0.667. The van der Waals surface area contributed by atoms with Gasteiger partial charge in [-0.1, -0.05) is 44.4 Å². The second-order valence-corrected chi connectivity index (χ2v) is 5.76. The molecule has 0 amide bonds. The molecule has 126 valence electrons. The third kappa shape index (κ3) is 6.34.